The van der Waals surface area contributed by atoms with Crippen LogP contribution >= 0.6 is 23.2 Å². The van der Waals surface area contributed by atoms with Gasteiger partial charge in [-0.3, -0.25) is 9.67 Å². The number of guanidine groups is 1. The SMILES string of the molecule is CN=C(NCc1cc(Cl)cc(Cl)c1OC(F)F)NCc1ncnn1C. The molecule has 0 bridgehead atoms. The first-order chi connectivity index (χ1) is 11.9. The van der Waals surface area contributed by atoms with E-state index < -0.39 is 6.61 Å². The Labute approximate surface area is 153 Å². The molecule has 1 heterocycles. The van der Waals surface area contributed by atoms with Crippen LogP contribution in [-0.4, -0.2) is 34.4 Å². The predicted molar refractivity (Wildman–Crippen MR) is 91.1 cm³/mol. The lowest BCUT2D eigenvalue weighted by molar-refractivity contribution is -0.0504. The molecule has 0 saturated carbocycles. The van der Waals surface area contributed by atoms with Gasteiger partial charge < -0.3 is 15.4 Å². The topological polar surface area (TPSA) is 76.4 Å². The summed E-state index contributed by atoms with van der Waals surface area (Å²) in [7, 11) is 3.34. The van der Waals surface area contributed by atoms with Crippen molar-refractivity contribution < 1.29 is 13.5 Å². The molecule has 0 aliphatic carbocycles. The number of aliphatic imine (C=N–C) groups is 1. The number of aryl methyl sites for hydroxylation is 1. The van der Waals surface area contributed by atoms with Gasteiger partial charge in [0.05, 0.1) is 11.6 Å². The lowest BCUT2D eigenvalue weighted by Crippen LogP contribution is -2.37. The third-order valence-corrected chi connectivity index (χ3v) is 3.68. The number of hydrogen-bond donors (Lipinski definition) is 2. The van der Waals surface area contributed by atoms with Crippen molar-refractivity contribution in [1.29, 1.82) is 0 Å². The number of nitrogens with one attached hydrogen (secondary N) is 2. The molecule has 0 amide bonds. The molecule has 0 fully saturated rings. The molecule has 0 radical (unpaired) electrons. The number of aromatic nitrogens is 3. The second-order valence-electron chi connectivity index (χ2n) is 4.83. The fraction of sp³-hybridized carbons (Fsp3) is 0.357. The van der Waals surface area contributed by atoms with Crippen LogP contribution in [0.2, 0.25) is 10.0 Å². The van der Waals surface area contributed by atoms with Gasteiger partial charge in [-0.2, -0.15) is 13.9 Å². The lowest BCUT2D eigenvalue weighted by Gasteiger charge is -2.15. The maximum absolute atomic E-state index is 12.6. The van der Waals surface area contributed by atoms with Crippen LogP contribution in [0.5, 0.6) is 5.75 Å². The van der Waals surface area contributed by atoms with Crippen LogP contribution in [0.15, 0.2) is 23.5 Å². The molecule has 1 aromatic carbocycles. The molecule has 2 rings (SSSR count). The van der Waals surface area contributed by atoms with Gasteiger partial charge >= 0.3 is 6.61 Å². The molecule has 2 N–H and O–H groups in total. The largest absolute Gasteiger partial charge is 0.433 e. The van der Waals surface area contributed by atoms with E-state index in [1.54, 1.807) is 18.8 Å². The number of ether oxygens (including phenoxy) is 1. The van der Waals surface area contributed by atoms with Crippen molar-refractivity contribution in [2.24, 2.45) is 12.0 Å². The van der Waals surface area contributed by atoms with Crippen molar-refractivity contribution >= 4 is 29.2 Å². The van der Waals surface area contributed by atoms with Gasteiger partial charge in [0, 0.05) is 31.2 Å². The van der Waals surface area contributed by atoms with Gasteiger partial charge in [0.15, 0.2) is 5.96 Å². The van der Waals surface area contributed by atoms with Crippen molar-refractivity contribution in [3.63, 3.8) is 0 Å². The Morgan fingerprint density at radius 3 is 2.64 bits per heavy atom. The highest BCUT2D eigenvalue weighted by atomic mass is 35.5. The zero-order valence-corrected chi connectivity index (χ0v) is 14.9. The predicted octanol–water partition coefficient (Wildman–Crippen LogP) is 2.59. The minimum Gasteiger partial charge on any atom is -0.433 e. The van der Waals surface area contributed by atoms with Crippen LogP contribution in [0.3, 0.4) is 0 Å². The number of rotatable bonds is 6. The Morgan fingerprint density at radius 2 is 2.04 bits per heavy atom. The fourth-order valence-electron chi connectivity index (χ4n) is 2.01. The molecule has 0 aliphatic heterocycles. The summed E-state index contributed by atoms with van der Waals surface area (Å²) in [6.45, 7) is -2.49. The minimum atomic E-state index is -2.99. The van der Waals surface area contributed by atoms with Gasteiger partial charge in [-0.05, 0) is 12.1 Å². The summed E-state index contributed by atoms with van der Waals surface area (Å²) in [5, 5.41) is 10.3. The van der Waals surface area contributed by atoms with Crippen molar-refractivity contribution in [3.05, 3.63) is 39.9 Å². The van der Waals surface area contributed by atoms with Crippen LogP contribution in [0.4, 0.5) is 8.78 Å². The average Bonchev–Trinajstić information content (AvgIpc) is 2.95. The van der Waals surface area contributed by atoms with Gasteiger partial charge in [-0.15, -0.1) is 0 Å². The first-order valence-electron chi connectivity index (χ1n) is 7.10. The van der Waals surface area contributed by atoms with Gasteiger partial charge in [0.2, 0.25) is 0 Å². The first-order valence-corrected chi connectivity index (χ1v) is 7.86. The van der Waals surface area contributed by atoms with E-state index in [1.165, 1.54) is 18.5 Å². The van der Waals surface area contributed by atoms with E-state index in [2.05, 4.69) is 30.4 Å². The fourth-order valence-corrected chi connectivity index (χ4v) is 2.59. The van der Waals surface area contributed by atoms with E-state index in [0.717, 1.165) is 0 Å². The van der Waals surface area contributed by atoms with E-state index in [1.807, 2.05) is 0 Å². The highest BCUT2D eigenvalue weighted by Crippen LogP contribution is 2.33. The highest BCUT2D eigenvalue weighted by Gasteiger charge is 2.15. The van der Waals surface area contributed by atoms with Gasteiger partial charge in [0.25, 0.3) is 0 Å². The Balaban J connectivity index is 2.04. The maximum atomic E-state index is 12.6. The van der Waals surface area contributed by atoms with Gasteiger partial charge in [-0.25, -0.2) is 4.98 Å². The first kappa shape index (κ1) is 19.2. The molecule has 0 saturated heterocycles. The van der Waals surface area contributed by atoms with E-state index in [0.29, 0.717) is 28.9 Å². The lowest BCUT2D eigenvalue weighted by atomic mass is 10.2. The molecule has 1 aromatic heterocycles. The summed E-state index contributed by atoms with van der Waals surface area (Å²) in [4.78, 5) is 8.13. The second-order valence-corrected chi connectivity index (χ2v) is 5.68. The van der Waals surface area contributed by atoms with E-state index in [9.17, 15) is 8.78 Å². The summed E-state index contributed by atoms with van der Waals surface area (Å²) in [6.07, 6.45) is 1.44. The molecular weight excluding hydrogens is 377 g/mol. The Kier molecular flexibility index (Phi) is 6.77. The summed E-state index contributed by atoms with van der Waals surface area (Å²) >= 11 is 11.9. The number of hydrogen-bond acceptors (Lipinski definition) is 4. The van der Waals surface area contributed by atoms with E-state index in [-0.39, 0.29) is 17.3 Å². The summed E-state index contributed by atoms with van der Waals surface area (Å²) in [6, 6.07) is 2.83. The van der Waals surface area contributed by atoms with Crippen molar-refractivity contribution in [2.75, 3.05) is 7.05 Å². The van der Waals surface area contributed by atoms with Crippen LogP contribution in [0.1, 0.15) is 11.4 Å². The smallest absolute Gasteiger partial charge is 0.387 e. The third-order valence-electron chi connectivity index (χ3n) is 3.18. The molecule has 0 aliphatic rings. The third kappa shape index (κ3) is 5.43. The number of benzene rings is 1. The van der Waals surface area contributed by atoms with Crippen LogP contribution in [0, 0.1) is 0 Å². The molecular formula is C14H16Cl2F2N6O. The number of halogens is 4. The molecule has 7 nitrogen and oxygen atoms in total. The molecule has 0 spiro atoms. The quantitative estimate of drug-likeness (QED) is 0.583. The molecule has 11 heteroatoms. The number of alkyl halides is 2. The average molecular weight is 393 g/mol. The highest BCUT2D eigenvalue weighted by molar-refractivity contribution is 6.35. The summed E-state index contributed by atoms with van der Waals surface area (Å²) in [5.74, 6) is 1.01. The molecule has 25 heavy (non-hydrogen) atoms. The van der Waals surface area contributed by atoms with Gasteiger partial charge in [-0.1, -0.05) is 23.2 Å². The second kappa shape index (κ2) is 8.82. The maximum Gasteiger partial charge on any atom is 0.387 e. The summed E-state index contributed by atoms with van der Waals surface area (Å²) < 4.78 is 31.3. The molecule has 0 atom stereocenters. The Bertz CT molecular complexity index is 753. The minimum absolute atomic E-state index is 0.00614. The zero-order valence-electron chi connectivity index (χ0n) is 13.4. The Morgan fingerprint density at radius 1 is 1.32 bits per heavy atom. The van der Waals surface area contributed by atoms with Crippen molar-refractivity contribution in [1.82, 2.24) is 25.4 Å². The van der Waals surface area contributed by atoms with Crippen molar-refractivity contribution in [2.45, 2.75) is 19.7 Å². The van der Waals surface area contributed by atoms with Gasteiger partial charge in [0.1, 0.15) is 17.9 Å². The van der Waals surface area contributed by atoms with Crippen LogP contribution in [0.25, 0.3) is 0 Å². The standard InChI is InChI=1S/C14H16Cl2F2N6O/c1-19-14(21-6-11-22-7-23-24(11)2)20-5-8-3-9(15)4-10(16)12(8)25-13(17)18/h3-4,7,13H,5-6H2,1-2H3,(H2,19,20,21). The molecule has 2 aromatic rings. The Hall–Kier alpha value is -2.13. The number of nitrogens with zero attached hydrogens (tertiary/aromatic N) is 4. The van der Waals surface area contributed by atoms with Crippen molar-refractivity contribution in [3.8, 4) is 5.75 Å². The van der Waals surface area contributed by atoms with Crippen LogP contribution < -0.4 is 15.4 Å². The molecule has 136 valence electrons. The summed E-state index contributed by atoms with van der Waals surface area (Å²) in [5.41, 5.74) is 0.374. The normalized spacial score (nSPS) is 11.7. The monoisotopic (exact) mass is 392 g/mol. The van der Waals surface area contributed by atoms with Crippen LogP contribution in [-0.2, 0) is 20.1 Å². The molecule has 0 unspecified atom stereocenters. The van der Waals surface area contributed by atoms with E-state index in [4.69, 9.17) is 23.2 Å². The van der Waals surface area contributed by atoms with E-state index >= 15 is 0 Å². The zero-order chi connectivity index (χ0) is 18.4.